The van der Waals surface area contributed by atoms with Crippen LogP contribution in [-0.4, -0.2) is 140 Å². The van der Waals surface area contributed by atoms with E-state index in [2.05, 4.69) is 55.3 Å². The summed E-state index contributed by atoms with van der Waals surface area (Å²) in [6.07, 6.45) is -1.37. The lowest BCUT2D eigenvalue weighted by Crippen LogP contribution is -2.25. The molecular weight excluding hydrogens is 1540 g/mol. The van der Waals surface area contributed by atoms with Crippen molar-refractivity contribution in [2.75, 3.05) is 32.2 Å². The lowest BCUT2D eigenvalue weighted by molar-refractivity contribution is -0.152. The molecule has 116 heavy (non-hydrogen) atoms. The quantitative estimate of drug-likeness (QED) is 0.0361. The maximum absolute atomic E-state index is 14.0. The number of carbonyl (C=O) groups excluding carboxylic acids is 4. The second kappa shape index (κ2) is 38.9. The molecule has 14 aromatic rings. The molecule has 24 nitrogen and oxygen atoms in total. The first-order chi connectivity index (χ1) is 55.5. The van der Waals surface area contributed by atoms with Gasteiger partial charge >= 0.3 is 11.5 Å². The van der Waals surface area contributed by atoms with Crippen molar-refractivity contribution in [3.8, 4) is 56.3 Å². The molecule has 600 valence electrons. The number of rotatable bonds is 13. The number of alkyl halides is 1. The van der Waals surface area contributed by atoms with Crippen molar-refractivity contribution < 1.29 is 68.5 Å². The number of aromatic amines is 2. The minimum atomic E-state index is -2.11. The molecule has 5 N–H and O–H groups in total. The second-order valence-electron chi connectivity index (χ2n) is 26.1. The molecule has 2 aliphatic rings. The number of nitrogens with two attached hydrogens (primary N) is 1. The van der Waals surface area contributed by atoms with E-state index in [4.69, 9.17) is 22.4 Å². The average Bonchev–Trinajstić information content (AvgIpc) is 1.62. The van der Waals surface area contributed by atoms with Gasteiger partial charge in [0.15, 0.2) is 51.0 Å². The Labute approximate surface area is 661 Å². The van der Waals surface area contributed by atoms with Gasteiger partial charge in [0.05, 0.1) is 71.1 Å². The number of anilines is 1. The van der Waals surface area contributed by atoms with Crippen LogP contribution in [0.1, 0.15) is 60.6 Å². The SMILES string of the molecule is CCOC(=O)C(F)C(C)=O.Cc1c(N)n[nH]c1-c1ccccc1.Cc1nc2c(CN3CC(C=C(F)F)CC3=O)c(-c3ccccc3)nn2cc1F.Cc1nc2cc(-c3ccccc3)[nH]n2c(=O)c1F.Cc1nc2cc(-c3ccccc3)nn2c(Cl)c1F.Cc1nc2cc(-c3ccccc3)nn2cc1F.O=C1CC(C=C(F)F)CN1CO. The Balaban J connectivity index is 0.000000146. The number of likely N-dealkylation sites (tertiary alicyclic amines) is 2. The fraction of sp³-hybridized carbons (Fsp3) is 0.207. The van der Waals surface area contributed by atoms with Gasteiger partial charge in [-0.2, -0.15) is 46.9 Å². The Hall–Kier alpha value is -13.4. The van der Waals surface area contributed by atoms with Crippen molar-refractivity contribution in [1.29, 1.82) is 0 Å². The molecule has 3 unspecified atom stereocenters. The highest BCUT2D eigenvalue weighted by atomic mass is 35.5. The number of halogens is 10. The summed E-state index contributed by atoms with van der Waals surface area (Å²) >= 11 is 5.92. The Morgan fingerprint density at radius 2 is 1.08 bits per heavy atom. The van der Waals surface area contributed by atoms with E-state index in [1.165, 1.54) is 37.8 Å². The van der Waals surface area contributed by atoms with E-state index in [9.17, 15) is 63.5 Å². The number of nitrogen functional groups attached to an aromatic ring is 1. The average molecular weight is 1620 g/mol. The fourth-order valence-electron chi connectivity index (χ4n) is 11.8. The van der Waals surface area contributed by atoms with Crippen molar-refractivity contribution in [3.63, 3.8) is 0 Å². The summed E-state index contributed by atoms with van der Waals surface area (Å²) in [5, 5.41) is 31.3. The number of aromatic nitrogens is 14. The van der Waals surface area contributed by atoms with E-state index in [-0.39, 0.29) is 78.9 Å². The number of esters is 1. The van der Waals surface area contributed by atoms with Gasteiger partial charge in [0.25, 0.3) is 18.3 Å². The van der Waals surface area contributed by atoms with Gasteiger partial charge in [0.2, 0.25) is 17.6 Å². The minimum Gasteiger partial charge on any atom is -0.463 e. The predicted octanol–water partition coefficient (Wildman–Crippen LogP) is 15.5. The number of hydrogen-bond acceptors (Lipinski definition) is 16. The molecular formula is C82H75ClF9N17O7. The number of aryl methyl sites for hydroxylation is 4. The number of nitrogens with zero attached hydrogens (tertiary/aromatic N) is 14. The zero-order valence-corrected chi connectivity index (χ0v) is 63.9. The Kier molecular flexibility index (Phi) is 28.5. The highest BCUT2D eigenvalue weighted by Gasteiger charge is 2.32. The van der Waals surface area contributed by atoms with Gasteiger partial charge in [-0.3, -0.25) is 29.4 Å². The van der Waals surface area contributed by atoms with Crippen LogP contribution in [0.4, 0.5) is 45.3 Å². The predicted molar refractivity (Wildman–Crippen MR) is 417 cm³/mol. The molecule has 0 aliphatic carbocycles. The number of aliphatic hydroxyl groups excluding tert-OH is 1. The van der Waals surface area contributed by atoms with Crippen LogP contribution in [0.3, 0.4) is 0 Å². The largest absolute Gasteiger partial charge is 0.463 e. The first-order valence-electron chi connectivity index (χ1n) is 35.7. The molecule has 9 aromatic heterocycles. The Morgan fingerprint density at radius 3 is 1.59 bits per heavy atom. The van der Waals surface area contributed by atoms with E-state index in [1.54, 1.807) is 39.8 Å². The van der Waals surface area contributed by atoms with E-state index >= 15 is 0 Å². The first-order valence-corrected chi connectivity index (χ1v) is 36.1. The number of ketones is 1. The van der Waals surface area contributed by atoms with Gasteiger partial charge in [-0.05, 0) is 71.7 Å². The molecule has 0 spiro atoms. The molecule has 0 saturated carbocycles. The molecule has 2 saturated heterocycles. The fourth-order valence-corrected chi connectivity index (χ4v) is 12.1. The van der Waals surface area contributed by atoms with Crippen LogP contribution in [-0.2, 0) is 30.5 Å². The van der Waals surface area contributed by atoms with Gasteiger partial charge < -0.3 is 25.4 Å². The number of Topliss-reactive ketones (excluding diaryl/α,β-unsaturated/α-hetero) is 1. The van der Waals surface area contributed by atoms with Crippen molar-refractivity contribution in [3.05, 3.63) is 279 Å². The van der Waals surface area contributed by atoms with Crippen LogP contribution in [0.15, 0.2) is 211 Å². The number of ether oxygens (including phenoxy) is 1. The Bertz CT molecular complexity index is 5880. The second-order valence-corrected chi connectivity index (χ2v) is 26.5. The van der Waals surface area contributed by atoms with Crippen LogP contribution in [0.25, 0.3) is 78.9 Å². The van der Waals surface area contributed by atoms with Gasteiger partial charge in [-0.1, -0.05) is 163 Å². The summed E-state index contributed by atoms with van der Waals surface area (Å²) < 4.78 is 125. The Morgan fingerprint density at radius 1 is 0.603 bits per heavy atom. The van der Waals surface area contributed by atoms with E-state index in [0.29, 0.717) is 45.4 Å². The third-order valence-electron chi connectivity index (χ3n) is 17.8. The van der Waals surface area contributed by atoms with Crippen molar-refractivity contribution >= 4 is 63.6 Å². The van der Waals surface area contributed by atoms with Crippen LogP contribution in [0.5, 0.6) is 0 Å². The number of fused-ring (bicyclic) bond motifs is 4. The maximum atomic E-state index is 14.0. The van der Waals surface area contributed by atoms with Crippen molar-refractivity contribution in [2.24, 2.45) is 11.8 Å². The molecule has 5 aromatic carbocycles. The van der Waals surface area contributed by atoms with Crippen molar-refractivity contribution in [2.45, 2.75) is 74.0 Å². The van der Waals surface area contributed by atoms with Crippen LogP contribution in [0, 0.1) is 69.7 Å². The number of H-pyrrole nitrogens is 2. The number of aliphatic hydroxyl groups is 1. The normalized spacial score (nSPS) is 13.7. The summed E-state index contributed by atoms with van der Waals surface area (Å²) in [6.45, 7) is 11.0. The molecule has 11 heterocycles. The van der Waals surface area contributed by atoms with Gasteiger partial charge in [-0.25, -0.2) is 55.8 Å². The highest BCUT2D eigenvalue weighted by Crippen LogP contribution is 2.32. The van der Waals surface area contributed by atoms with Crippen molar-refractivity contribution in [1.82, 2.24) is 78.4 Å². The minimum absolute atomic E-state index is 0.0400. The third kappa shape index (κ3) is 21.3. The lowest BCUT2D eigenvalue weighted by atomic mass is 10.1. The van der Waals surface area contributed by atoms with Crippen LogP contribution >= 0.6 is 11.6 Å². The summed E-state index contributed by atoms with van der Waals surface area (Å²) in [5.74, 6) is -5.00. The highest BCUT2D eigenvalue weighted by molar-refractivity contribution is 6.30. The zero-order valence-electron chi connectivity index (χ0n) is 63.2. The number of benzene rings is 5. The summed E-state index contributed by atoms with van der Waals surface area (Å²) in [6, 6.07) is 53.6. The number of amides is 2. The zero-order chi connectivity index (χ0) is 83.6. The maximum Gasteiger partial charge on any atom is 0.348 e. The summed E-state index contributed by atoms with van der Waals surface area (Å²) in [5.41, 5.74) is 18.2. The molecule has 34 heteroatoms. The van der Waals surface area contributed by atoms with E-state index < -0.39 is 71.7 Å². The number of carbonyl (C=O) groups is 4. The van der Waals surface area contributed by atoms with Gasteiger partial charge in [-0.15, -0.1) is 0 Å². The van der Waals surface area contributed by atoms with Crippen LogP contribution in [0.2, 0.25) is 5.15 Å². The lowest BCUT2D eigenvalue weighted by Gasteiger charge is -2.16. The molecule has 2 aliphatic heterocycles. The standard InChI is InChI=1S/C20H17F3N4O.C13H9ClFN3.C13H10FN3O.C13H10FN3.C10H11N3.C7H9F2NO2.C6H9FO3/c1-12-16(21)11-27-20(24-12)15(19(25-27)14-5-3-2-4-6-14)10-26-9-13(7-17(22)23)8-18(26)28;1-8-12(15)13(14)18-11(16-8)7-10(17-18)9-5-3-2-4-6-9;1-8-12(14)13(18)17-11(15-8)7-10(16-17)9-5-3-2-4-6-9;1-9-11(14)8-17-13(15-9)7-12(16-17)10-5-3-2-4-6-10;1-7-9(12-13-10(7)11)8-5-3-2-4-6-8;8-6(9)1-5-2-7(12)10(3-5)4-11;1-3-10-6(9)5(7)4(2)8/h2-7,11,13H,8-10H2,1H3;2-7H,1H3;2-7,16H,1H3;2-8H,1H3;2-6H,1H3,(H3,11,12,13);1,5,11H,2-4H2;5H,3H2,1-2H3. The van der Waals surface area contributed by atoms with Crippen LogP contribution < -0.4 is 11.3 Å². The number of nitrogens with one attached hydrogen (secondary N) is 2. The van der Waals surface area contributed by atoms with Gasteiger partial charge in [0.1, 0.15) is 18.2 Å². The van der Waals surface area contributed by atoms with Gasteiger partial charge in [0, 0.05) is 83.8 Å². The molecule has 0 bridgehead atoms. The smallest absolute Gasteiger partial charge is 0.348 e. The molecule has 2 fully saturated rings. The molecule has 16 rings (SSSR count). The third-order valence-corrected chi connectivity index (χ3v) is 18.1. The molecule has 2 amide bonds. The van der Waals surface area contributed by atoms with E-state index in [1.807, 2.05) is 165 Å². The molecule has 3 atom stereocenters. The van der Waals surface area contributed by atoms with E-state index in [0.717, 1.165) is 84.6 Å². The summed E-state index contributed by atoms with van der Waals surface area (Å²) in [4.78, 5) is 74.8. The monoisotopic (exact) mass is 1620 g/mol. The molecule has 0 radical (unpaired) electrons. The topological polar surface area (TPSA) is 300 Å². The number of hydrogen-bond donors (Lipinski definition) is 4. The summed E-state index contributed by atoms with van der Waals surface area (Å²) in [7, 11) is 0. The first kappa shape index (κ1) is 85.0.